The Labute approximate surface area is 163 Å². The Balaban J connectivity index is 1.44. The maximum atomic E-state index is 13.1. The van der Waals surface area contributed by atoms with E-state index in [1.807, 2.05) is 48.2 Å². The minimum absolute atomic E-state index is 0.0387. The van der Waals surface area contributed by atoms with Crippen LogP contribution in [0.3, 0.4) is 0 Å². The summed E-state index contributed by atoms with van der Waals surface area (Å²) < 4.78 is 5.59. The van der Waals surface area contributed by atoms with E-state index >= 15 is 0 Å². The van der Waals surface area contributed by atoms with Crippen molar-refractivity contribution in [3.05, 3.63) is 65.7 Å². The van der Waals surface area contributed by atoms with Crippen molar-refractivity contribution in [3.63, 3.8) is 0 Å². The molecule has 1 saturated heterocycles. The van der Waals surface area contributed by atoms with Crippen molar-refractivity contribution in [2.75, 3.05) is 13.1 Å². The van der Waals surface area contributed by atoms with E-state index in [-0.39, 0.29) is 11.3 Å². The van der Waals surface area contributed by atoms with Crippen LogP contribution in [0.2, 0.25) is 0 Å². The van der Waals surface area contributed by atoms with E-state index in [4.69, 9.17) is 9.51 Å². The quantitative estimate of drug-likeness (QED) is 0.700. The minimum atomic E-state index is -0.205. The Morgan fingerprint density at radius 1 is 1.25 bits per heavy atom. The summed E-state index contributed by atoms with van der Waals surface area (Å²) in [7, 11) is 0. The van der Waals surface area contributed by atoms with Gasteiger partial charge < -0.3 is 9.42 Å². The second kappa shape index (κ2) is 6.55. The van der Waals surface area contributed by atoms with E-state index in [9.17, 15) is 4.79 Å². The van der Waals surface area contributed by atoms with Gasteiger partial charge in [-0.1, -0.05) is 29.8 Å². The molecular formula is C22H22N4O2. The lowest BCUT2D eigenvalue weighted by Gasteiger charge is -2.24. The monoisotopic (exact) mass is 374 g/mol. The molecule has 0 N–H and O–H groups in total. The summed E-state index contributed by atoms with van der Waals surface area (Å²) in [5, 5.41) is 4.35. The fourth-order valence-electron chi connectivity index (χ4n) is 4.79. The Morgan fingerprint density at radius 3 is 2.93 bits per heavy atom. The summed E-state index contributed by atoms with van der Waals surface area (Å²) >= 11 is 0. The summed E-state index contributed by atoms with van der Waals surface area (Å²) in [5.41, 5.74) is 2.35. The normalized spacial score (nSPS) is 23.8. The maximum absolute atomic E-state index is 13.1. The molecule has 5 rings (SSSR count). The molecule has 6 nitrogen and oxygen atoms in total. The van der Waals surface area contributed by atoms with E-state index in [0.29, 0.717) is 23.9 Å². The predicted octanol–water partition coefficient (Wildman–Crippen LogP) is 3.63. The van der Waals surface area contributed by atoms with Crippen LogP contribution in [0.15, 0.2) is 53.3 Å². The molecule has 2 unspecified atom stereocenters. The van der Waals surface area contributed by atoms with Crippen LogP contribution >= 0.6 is 0 Å². The average Bonchev–Trinajstić information content (AvgIpc) is 3.42. The van der Waals surface area contributed by atoms with Gasteiger partial charge in [0.15, 0.2) is 5.82 Å². The number of rotatable bonds is 3. The fourth-order valence-corrected chi connectivity index (χ4v) is 4.79. The Hall–Kier alpha value is -3.02. The Kier molecular flexibility index (Phi) is 4.00. The molecule has 2 aliphatic rings. The summed E-state index contributed by atoms with van der Waals surface area (Å²) in [6.45, 7) is 3.33. The lowest BCUT2D eigenvalue weighted by atomic mass is 9.80. The van der Waals surface area contributed by atoms with Gasteiger partial charge in [-0.05, 0) is 49.4 Å². The molecular weight excluding hydrogens is 352 g/mol. The number of carbonyl (C=O) groups is 1. The molecule has 1 amide bonds. The number of carbonyl (C=O) groups excluding carboxylic acids is 1. The first-order chi connectivity index (χ1) is 13.7. The molecule has 2 atom stereocenters. The van der Waals surface area contributed by atoms with Gasteiger partial charge in [-0.2, -0.15) is 4.98 Å². The molecule has 6 heteroatoms. The number of fused-ring (bicyclic) bond motifs is 1. The fraction of sp³-hybridized carbons (Fsp3) is 0.364. The van der Waals surface area contributed by atoms with Crippen LogP contribution in [-0.4, -0.2) is 39.0 Å². The van der Waals surface area contributed by atoms with Crippen molar-refractivity contribution >= 4 is 5.91 Å². The third-order valence-corrected chi connectivity index (χ3v) is 6.17. The molecule has 1 aliphatic carbocycles. The van der Waals surface area contributed by atoms with Gasteiger partial charge >= 0.3 is 0 Å². The summed E-state index contributed by atoms with van der Waals surface area (Å²) in [6, 6.07) is 11.7. The maximum Gasteiger partial charge on any atom is 0.257 e. The van der Waals surface area contributed by atoms with E-state index in [1.54, 1.807) is 12.4 Å². The lowest BCUT2D eigenvalue weighted by Crippen LogP contribution is -2.35. The number of hydrogen-bond acceptors (Lipinski definition) is 5. The van der Waals surface area contributed by atoms with Crippen molar-refractivity contribution in [3.8, 4) is 11.5 Å². The van der Waals surface area contributed by atoms with E-state index in [2.05, 4.69) is 10.1 Å². The standard InChI is InChI=1S/C22H22N4O2/c1-15-10-17(12-23-11-15)20(27)26-13-18-8-5-9-22(18,14-26)21-24-19(28-25-21)16-6-3-2-4-7-16/h2-4,6-7,10-12,18H,5,8-9,13-14H2,1H3. The molecule has 1 saturated carbocycles. The van der Waals surface area contributed by atoms with Crippen molar-refractivity contribution in [2.45, 2.75) is 31.6 Å². The van der Waals surface area contributed by atoms with Gasteiger partial charge in [0.1, 0.15) is 0 Å². The molecule has 28 heavy (non-hydrogen) atoms. The number of benzene rings is 1. The highest BCUT2D eigenvalue weighted by Crippen LogP contribution is 2.50. The zero-order chi connectivity index (χ0) is 19.1. The van der Waals surface area contributed by atoms with Gasteiger partial charge in [-0.25, -0.2) is 0 Å². The third-order valence-electron chi connectivity index (χ3n) is 6.17. The molecule has 2 aromatic heterocycles. The van der Waals surface area contributed by atoms with Gasteiger partial charge in [-0.3, -0.25) is 9.78 Å². The van der Waals surface area contributed by atoms with Crippen molar-refractivity contribution < 1.29 is 9.32 Å². The molecule has 2 fully saturated rings. The highest BCUT2D eigenvalue weighted by atomic mass is 16.5. The largest absolute Gasteiger partial charge is 0.337 e. The van der Waals surface area contributed by atoms with Crippen LogP contribution in [-0.2, 0) is 5.41 Å². The number of nitrogens with zero attached hydrogens (tertiary/aromatic N) is 4. The van der Waals surface area contributed by atoms with Crippen molar-refractivity contribution in [2.24, 2.45) is 5.92 Å². The molecule has 0 bridgehead atoms. The SMILES string of the molecule is Cc1cncc(C(=O)N2CC3CCCC3(c3noc(-c4ccccc4)n3)C2)c1. The second-order valence-corrected chi connectivity index (χ2v) is 7.97. The first kappa shape index (κ1) is 17.1. The van der Waals surface area contributed by atoms with Gasteiger partial charge in [-0.15, -0.1) is 0 Å². The summed E-state index contributed by atoms with van der Waals surface area (Å²) in [6.07, 6.45) is 6.62. The van der Waals surface area contributed by atoms with E-state index in [1.165, 1.54) is 0 Å². The smallest absolute Gasteiger partial charge is 0.257 e. The van der Waals surface area contributed by atoms with Gasteiger partial charge in [0.05, 0.1) is 11.0 Å². The molecule has 1 aromatic carbocycles. The van der Waals surface area contributed by atoms with Gasteiger partial charge in [0.2, 0.25) is 0 Å². The van der Waals surface area contributed by atoms with E-state index in [0.717, 1.165) is 42.8 Å². The molecule has 1 aliphatic heterocycles. The Morgan fingerprint density at radius 2 is 2.11 bits per heavy atom. The molecule has 0 spiro atoms. The van der Waals surface area contributed by atoms with Crippen LogP contribution in [0.4, 0.5) is 0 Å². The zero-order valence-electron chi connectivity index (χ0n) is 15.8. The van der Waals surface area contributed by atoms with Crippen LogP contribution < -0.4 is 0 Å². The number of likely N-dealkylation sites (tertiary alicyclic amines) is 1. The van der Waals surface area contributed by atoms with Gasteiger partial charge in [0, 0.05) is 31.0 Å². The summed E-state index contributed by atoms with van der Waals surface area (Å²) in [4.78, 5) is 23.9. The molecule has 3 heterocycles. The topological polar surface area (TPSA) is 72.1 Å². The number of aromatic nitrogens is 3. The molecule has 142 valence electrons. The van der Waals surface area contributed by atoms with Crippen LogP contribution in [0.1, 0.15) is 41.0 Å². The highest BCUT2D eigenvalue weighted by molar-refractivity contribution is 5.94. The third kappa shape index (κ3) is 2.71. The lowest BCUT2D eigenvalue weighted by molar-refractivity contribution is 0.0776. The van der Waals surface area contributed by atoms with Crippen LogP contribution in [0.5, 0.6) is 0 Å². The van der Waals surface area contributed by atoms with Crippen LogP contribution in [0, 0.1) is 12.8 Å². The first-order valence-corrected chi connectivity index (χ1v) is 9.76. The highest BCUT2D eigenvalue weighted by Gasteiger charge is 2.54. The van der Waals surface area contributed by atoms with E-state index < -0.39 is 0 Å². The second-order valence-electron chi connectivity index (χ2n) is 7.97. The van der Waals surface area contributed by atoms with Crippen LogP contribution in [0.25, 0.3) is 11.5 Å². The number of pyridine rings is 1. The molecule has 3 aromatic rings. The predicted molar refractivity (Wildman–Crippen MR) is 104 cm³/mol. The molecule has 0 radical (unpaired) electrons. The number of amides is 1. The number of aryl methyl sites for hydroxylation is 1. The minimum Gasteiger partial charge on any atom is -0.337 e. The Bertz CT molecular complexity index is 1020. The number of hydrogen-bond donors (Lipinski definition) is 0. The zero-order valence-corrected chi connectivity index (χ0v) is 15.8. The summed E-state index contributed by atoms with van der Waals surface area (Å²) in [5.74, 6) is 1.70. The average molecular weight is 374 g/mol. The van der Waals surface area contributed by atoms with Crippen molar-refractivity contribution in [1.29, 1.82) is 0 Å². The van der Waals surface area contributed by atoms with Gasteiger partial charge in [0.25, 0.3) is 11.8 Å². The first-order valence-electron chi connectivity index (χ1n) is 9.76. The van der Waals surface area contributed by atoms with Crippen molar-refractivity contribution in [1.82, 2.24) is 20.0 Å².